The number of rotatable bonds is 1. The average Bonchev–Trinajstić information content (AvgIpc) is 2.31. The maximum atomic E-state index is 12.4. The molecular formula is C11H5Cl2F3N2O2. The summed E-state index contributed by atoms with van der Waals surface area (Å²) >= 11 is 11.4. The van der Waals surface area contributed by atoms with E-state index in [4.69, 9.17) is 23.2 Å². The Morgan fingerprint density at radius 1 is 1.05 bits per heavy atom. The highest BCUT2D eigenvalue weighted by Gasteiger charge is 2.33. The number of hydrogen-bond donors (Lipinski definition) is 1. The molecule has 0 saturated heterocycles. The first-order valence-corrected chi connectivity index (χ1v) is 5.85. The molecule has 0 amide bonds. The maximum absolute atomic E-state index is 12.4. The zero-order valence-electron chi connectivity index (χ0n) is 9.46. The van der Waals surface area contributed by atoms with E-state index in [-0.39, 0.29) is 15.7 Å². The topological polar surface area (TPSA) is 54.9 Å². The summed E-state index contributed by atoms with van der Waals surface area (Å²) in [6.07, 6.45) is -4.81. The summed E-state index contributed by atoms with van der Waals surface area (Å²) in [5, 5.41) is 0.252. The molecule has 0 aliphatic carbocycles. The molecule has 0 saturated carbocycles. The zero-order chi connectivity index (χ0) is 15.1. The van der Waals surface area contributed by atoms with Crippen LogP contribution in [0.3, 0.4) is 0 Å². The van der Waals surface area contributed by atoms with Gasteiger partial charge >= 0.3 is 11.9 Å². The number of aromatic amines is 1. The van der Waals surface area contributed by atoms with Crippen molar-refractivity contribution in [1.82, 2.24) is 9.55 Å². The molecule has 106 valence electrons. The van der Waals surface area contributed by atoms with E-state index in [0.29, 0.717) is 10.6 Å². The normalized spacial score (nSPS) is 11.7. The lowest BCUT2D eigenvalue weighted by molar-refractivity contribution is -0.141. The van der Waals surface area contributed by atoms with Crippen LogP contribution in [-0.2, 0) is 6.18 Å². The van der Waals surface area contributed by atoms with Crippen LogP contribution in [0.15, 0.2) is 33.9 Å². The number of benzene rings is 1. The minimum atomic E-state index is -4.81. The lowest BCUT2D eigenvalue weighted by Gasteiger charge is -2.09. The third-order valence-corrected chi connectivity index (χ3v) is 3.14. The second-order valence-corrected chi connectivity index (χ2v) is 4.57. The van der Waals surface area contributed by atoms with E-state index in [1.54, 1.807) is 4.98 Å². The molecule has 0 fully saturated rings. The standard InChI is InChI=1S/C11H5Cl2F3N2O2/c12-6-2-1-5(3-7(6)13)18-9(19)4-8(11(14,15)16)17-10(18)20/h1-4H,(H,17,20). The van der Waals surface area contributed by atoms with Gasteiger partial charge in [0.2, 0.25) is 0 Å². The monoisotopic (exact) mass is 324 g/mol. The third kappa shape index (κ3) is 2.73. The van der Waals surface area contributed by atoms with Crippen molar-refractivity contribution in [3.05, 3.63) is 60.8 Å². The SMILES string of the molecule is O=c1cc(C(F)(F)F)[nH]c(=O)n1-c1ccc(Cl)c(Cl)c1. The first-order chi connectivity index (χ1) is 9.20. The van der Waals surface area contributed by atoms with Gasteiger partial charge in [-0.2, -0.15) is 13.2 Å². The van der Waals surface area contributed by atoms with E-state index in [2.05, 4.69) is 0 Å². The largest absolute Gasteiger partial charge is 0.431 e. The molecule has 0 atom stereocenters. The second kappa shape index (κ2) is 4.99. The molecule has 0 aliphatic rings. The van der Waals surface area contributed by atoms with Crippen molar-refractivity contribution in [2.24, 2.45) is 0 Å². The molecule has 1 N–H and O–H groups in total. The fourth-order valence-corrected chi connectivity index (χ4v) is 1.81. The number of aromatic nitrogens is 2. The highest BCUT2D eigenvalue weighted by atomic mass is 35.5. The second-order valence-electron chi connectivity index (χ2n) is 3.76. The summed E-state index contributed by atoms with van der Waals surface area (Å²) < 4.78 is 37.9. The first kappa shape index (κ1) is 14.7. The summed E-state index contributed by atoms with van der Waals surface area (Å²) in [6.45, 7) is 0. The van der Waals surface area contributed by atoms with Gasteiger partial charge in [0.1, 0.15) is 5.69 Å². The molecule has 2 aromatic rings. The Labute approximate surface area is 119 Å². The van der Waals surface area contributed by atoms with Crippen molar-refractivity contribution in [1.29, 1.82) is 0 Å². The van der Waals surface area contributed by atoms with Gasteiger partial charge in [-0.25, -0.2) is 9.36 Å². The van der Waals surface area contributed by atoms with Gasteiger partial charge in [-0.15, -0.1) is 0 Å². The Kier molecular flexibility index (Phi) is 3.66. The lowest BCUT2D eigenvalue weighted by Crippen LogP contribution is -2.35. The number of nitrogens with zero attached hydrogens (tertiary/aromatic N) is 1. The first-order valence-electron chi connectivity index (χ1n) is 5.09. The third-order valence-electron chi connectivity index (χ3n) is 2.40. The van der Waals surface area contributed by atoms with E-state index < -0.39 is 23.1 Å². The molecule has 2 rings (SSSR count). The minimum Gasteiger partial charge on any atom is -0.303 e. The predicted molar refractivity (Wildman–Crippen MR) is 67.7 cm³/mol. The molecule has 20 heavy (non-hydrogen) atoms. The van der Waals surface area contributed by atoms with Gasteiger partial charge in [-0.05, 0) is 18.2 Å². The predicted octanol–water partition coefficient (Wildman–Crippen LogP) is 2.85. The van der Waals surface area contributed by atoms with Crippen LogP contribution in [0.25, 0.3) is 5.69 Å². The maximum Gasteiger partial charge on any atom is 0.431 e. The van der Waals surface area contributed by atoms with Crippen molar-refractivity contribution >= 4 is 23.2 Å². The average molecular weight is 325 g/mol. The fraction of sp³-hybridized carbons (Fsp3) is 0.0909. The summed E-state index contributed by atoms with van der Waals surface area (Å²) in [7, 11) is 0. The quantitative estimate of drug-likeness (QED) is 0.877. The van der Waals surface area contributed by atoms with E-state index in [0.717, 1.165) is 0 Å². The summed E-state index contributed by atoms with van der Waals surface area (Å²) in [5.41, 5.74) is -3.74. The highest BCUT2D eigenvalue weighted by molar-refractivity contribution is 6.42. The summed E-state index contributed by atoms with van der Waals surface area (Å²) in [5.74, 6) is 0. The van der Waals surface area contributed by atoms with E-state index in [1.165, 1.54) is 18.2 Å². The van der Waals surface area contributed by atoms with Crippen LogP contribution in [0.4, 0.5) is 13.2 Å². The van der Waals surface area contributed by atoms with Crippen LogP contribution in [0.2, 0.25) is 10.0 Å². The molecule has 0 spiro atoms. The molecule has 0 bridgehead atoms. The van der Waals surface area contributed by atoms with Crippen LogP contribution in [-0.4, -0.2) is 9.55 Å². The Morgan fingerprint density at radius 3 is 2.20 bits per heavy atom. The molecule has 4 nitrogen and oxygen atoms in total. The highest BCUT2D eigenvalue weighted by Crippen LogP contribution is 2.26. The molecule has 0 unspecified atom stereocenters. The van der Waals surface area contributed by atoms with Gasteiger partial charge in [0, 0.05) is 6.07 Å². The zero-order valence-corrected chi connectivity index (χ0v) is 11.0. The van der Waals surface area contributed by atoms with Crippen molar-refractivity contribution in [3.63, 3.8) is 0 Å². The van der Waals surface area contributed by atoms with Crippen molar-refractivity contribution < 1.29 is 13.2 Å². The molecule has 9 heteroatoms. The molecule has 1 aromatic carbocycles. The van der Waals surface area contributed by atoms with E-state index in [1.807, 2.05) is 0 Å². The number of halogens is 5. The summed E-state index contributed by atoms with van der Waals surface area (Å²) in [4.78, 5) is 24.9. The lowest BCUT2D eigenvalue weighted by atomic mass is 10.3. The molecule has 1 heterocycles. The van der Waals surface area contributed by atoms with Gasteiger partial charge in [-0.3, -0.25) is 4.79 Å². The van der Waals surface area contributed by atoms with E-state index in [9.17, 15) is 22.8 Å². The van der Waals surface area contributed by atoms with Gasteiger partial charge in [-0.1, -0.05) is 23.2 Å². The number of hydrogen-bond acceptors (Lipinski definition) is 2. The van der Waals surface area contributed by atoms with Crippen LogP contribution >= 0.6 is 23.2 Å². The smallest absolute Gasteiger partial charge is 0.303 e. The van der Waals surface area contributed by atoms with Gasteiger partial charge in [0.25, 0.3) is 5.56 Å². The van der Waals surface area contributed by atoms with Gasteiger partial charge in [0.15, 0.2) is 0 Å². The van der Waals surface area contributed by atoms with Crippen molar-refractivity contribution in [2.45, 2.75) is 6.18 Å². The van der Waals surface area contributed by atoms with Crippen molar-refractivity contribution in [2.75, 3.05) is 0 Å². The Bertz CT molecular complexity index is 749. The van der Waals surface area contributed by atoms with Gasteiger partial charge < -0.3 is 4.98 Å². The van der Waals surface area contributed by atoms with Crippen molar-refractivity contribution in [3.8, 4) is 5.69 Å². The van der Waals surface area contributed by atoms with Crippen LogP contribution in [0.1, 0.15) is 5.69 Å². The fourth-order valence-electron chi connectivity index (χ4n) is 1.52. The molecule has 0 radical (unpaired) electrons. The molecular weight excluding hydrogens is 320 g/mol. The Balaban J connectivity index is 2.68. The number of alkyl halides is 3. The number of nitrogens with one attached hydrogen (secondary N) is 1. The summed E-state index contributed by atoms with van der Waals surface area (Å²) in [6, 6.07) is 4.11. The molecule has 0 aliphatic heterocycles. The Morgan fingerprint density at radius 2 is 1.70 bits per heavy atom. The Hall–Kier alpha value is -1.73. The number of H-pyrrole nitrogens is 1. The van der Waals surface area contributed by atoms with E-state index >= 15 is 0 Å². The van der Waals surface area contributed by atoms with Crippen LogP contribution < -0.4 is 11.2 Å². The molecule has 1 aromatic heterocycles. The van der Waals surface area contributed by atoms with Crippen LogP contribution in [0.5, 0.6) is 0 Å². The van der Waals surface area contributed by atoms with Gasteiger partial charge in [0.05, 0.1) is 15.7 Å². The van der Waals surface area contributed by atoms with Crippen LogP contribution in [0, 0.1) is 0 Å². The minimum absolute atomic E-state index is 0.0133.